The number of nitrogen functional groups attached to an aromatic ring is 1. The number of ether oxygens (including phenoxy) is 1. The molecule has 1 heterocycles. The Morgan fingerprint density at radius 3 is 2.90 bits per heavy atom. The van der Waals surface area contributed by atoms with Gasteiger partial charge in [-0.3, -0.25) is 9.78 Å². The molecule has 0 fully saturated rings. The van der Waals surface area contributed by atoms with Crippen LogP contribution in [-0.4, -0.2) is 17.5 Å². The van der Waals surface area contributed by atoms with Gasteiger partial charge < -0.3 is 15.8 Å². The third-order valence-electron chi connectivity index (χ3n) is 2.65. The molecular formula is C15H17N3O2. The fraction of sp³-hybridized carbons (Fsp3) is 0.200. The summed E-state index contributed by atoms with van der Waals surface area (Å²) in [6.07, 6.45) is 1.90. The number of nitrogens with two attached hydrogens (primary N) is 1. The second-order valence-corrected chi connectivity index (χ2v) is 4.41. The van der Waals surface area contributed by atoms with E-state index in [9.17, 15) is 4.79 Å². The predicted molar refractivity (Wildman–Crippen MR) is 78.6 cm³/mol. The largest absolute Gasteiger partial charge is 0.493 e. The summed E-state index contributed by atoms with van der Waals surface area (Å²) in [5, 5.41) is 2.76. The van der Waals surface area contributed by atoms with E-state index in [-0.39, 0.29) is 12.3 Å². The number of benzene rings is 1. The normalized spacial score (nSPS) is 10.1. The maximum absolute atomic E-state index is 11.7. The second kappa shape index (κ2) is 6.56. The average Bonchev–Trinajstić information content (AvgIpc) is 2.41. The summed E-state index contributed by atoms with van der Waals surface area (Å²) in [6.45, 7) is 2.19. The molecule has 104 valence electrons. The molecule has 0 bridgehead atoms. The summed E-state index contributed by atoms with van der Waals surface area (Å²) in [4.78, 5) is 15.8. The topological polar surface area (TPSA) is 77.2 Å². The molecule has 0 saturated heterocycles. The summed E-state index contributed by atoms with van der Waals surface area (Å²) >= 11 is 0. The first kappa shape index (κ1) is 13.9. The van der Waals surface area contributed by atoms with Crippen LogP contribution >= 0.6 is 0 Å². The van der Waals surface area contributed by atoms with E-state index >= 15 is 0 Å². The highest BCUT2D eigenvalue weighted by molar-refractivity contribution is 5.90. The molecule has 1 aromatic heterocycles. The van der Waals surface area contributed by atoms with Crippen LogP contribution < -0.4 is 15.8 Å². The molecule has 20 heavy (non-hydrogen) atoms. The summed E-state index contributed by atoms with van der Waals surface area (Å²) < 4.78 is 5.46. The number of rotatable bonds is 5. The van der Waals surface area contributed by atoms with Crippen LogP contribution in [0.5, 0.6) is 5.75 Å². The number of hydrogen-bond acceptors (Lipinski definition) is 4. The van der Waals surface area contributed by atoms with E-state index in [4.69, 9.17) is 10.5 Å². The van der Waals surface area contributed by atoms with E-state index in [1.165, 1.54) is 0 Å². The zero-order chi connectivity index (χ0) is 14.4. The highest BCUT2D eigenvalue weighted by atomic mass is 16.5. The molecule has 1 amide bonds. The first-order valence-corrected chi connectivity index (χ1v) is 6.34. The Hall–Kier alpha value is -2.56. The van der Waals surface area contributed by atoms with Gasteiger partial charge in [0, 0.05) is 17.4 Å². The van der Waals surface area contributed by atoms with Crippen LogP contribution in [0.1, 0.15) is 12.1 Å². The summed E-state index contributed by atoms with van der Waals surface area (Å²) in [5.74, 6) is 0.550. The molecule has 2 rings (SSSR count). The van der Waals surface area contributed by atoms with Crippen molar-refractivity contribution in [3.63, 3.8) is 0 Å². The van der Waals surface area contributed by atoms with Gasteiger partial charge in [0.15, 0.2) is 0 Å². The lowest BCUT2D eigenvalue weighted by atomic mass is 10.3. The Morgan fingerprint density at radius 1 is 1.35 bits per heavy atom. The Labute approximate surface area is 117 Å². The molecule has 0 radical (unpaired) electrons. The molecule has 0 unspecified atom stereocenters. The third kappa shape index (κ3) is 4.28. The van der Waals surface area contributed by atoms with Gasteiger partial charge in [-0.15, -0.1) is 0 Å². The minimum atomic E-state index is -0.112. The molecule has 3 N–H and O–H groups in total. The van der Waals surface area contributed by atoms with E-state index < -0.39 is 0 Å². The molecule has 0 spiro atoms. The highest BCUT2D eigenvalue weighted by Crippen LogP contribution is 2.14. The summed E-state index contributed by atoms with van der Waals surface area (Å²) in [7, 11) is 0. The van der Waals surface area contributed by atoms with Gasteiger partial charge in [0.2, 0.25) is 5.91 Å². The van der Waals surface area contributed by atoms with Gasteiger partial charge in [-0.1, -0.05) is 6.07 Å². The zero-order valence-electron chi connectivity index (χ0n) is 11.3. The molecule has 0 saturated carbocycles. The van der Waals surface area contributed by atoms with Crippen LogP contribution in [0.4, 0.5) is 11.4 Å². The molecule has 2 aromatic rings. The van der Waals surface area contributed by atoms with Gasteiger partial charge in [0.25, 0.3) is 0 Å². The first-order chi connectivity index (χ1) is 9.63. The van der Waals surface area contributed by atoms with Crippen molar-refractivity contribution < 1.29 is 9.53 Å². The lowest BCUT2D eigenvalue weighted by Crippen LogP contribution is -2.15. The van der Waals surface area contributed by atoms with Crippen molar-refractivity contribution in [2.24, 2.45) is 0 Å². The van der Waals surface area contributed by atoms with Crippen LogP contribution in [0, 0.1) is 6.92 Å². The molecule has 0 atom stereocenters. The standard InChI is InChI=1S/C15H17N3O2/c1-11-5-6-13(10-17-11)18-15(19)7-8-20-14-4-2-3-12(16)9-14/h2-6,9-10H,7-8,16H2,1H3,(H,18,19). The highest BCUT2D eigenvalue weighted by Gasteiger charge is 2.03. The summed E-state index contributed by atoms with van der Waals surface area (Å²) in [6, 6.07) is 10.8. The number of amides is 1. The Morgan fingerprint density at radius 2 is 2.20 bits per heavy atom. The smallest absolute Gasteiger partial charge is 0.227 e. The predicted octanol–water partition coefficient (Wildman–Crippen LogP) is 2.38. The fourth-order valence-electron chi connectivity index (χ4n) is 1.63. The van der Waals surface area contributed by atoms with E-state index in [0.717, 1.165) is 5.69 Å². The number of carbonyl (C=O) groups excluding carboxylic acids is 1. The molecule has 5 nitrogen and oxygen atoms in total. The molecule has 0 aliphatic rings. The van der Waals surface area contributed by atoms with Gasteiger partial charge in [0.1, 0.15) is 5.75 Å². The summed E-state index contributed by atoms with van der Waals surface area (Å²) in [5.41, 5.74) is 7.87. The van der Waals surface area contributed by atoms with Gasteiger partial charge in [-0.05, 0) is 31.2 Å². The number of anilines is 2. The van der Waals surface area contributed by atoms with Crippen LogP contribution in [0.25, 0.3) is 0 Å². The molecule has 5 heteroatoms. The van der Waals surface area contributed by atoms with Crippen molar-refractivity contribution in [3.05, 3.63) is 48.3 Å². The molecule has 0 aliphatic carbocycles. The van der Waals surface area contributed by atoms with E-state index in [1.807, 2.05) is 25.1 Å². The maximum atomic E-state index is 11.7. The van der Waals surface area contributed by atoms with Crippen molar-refractivity contribution in [1.82, 2.24) is 4.98 Å². The molecule has 0 aliphatic heterocycles. The van der Waals surface area contributed by atoms with Crippen LogP contribution in [0.15, 0.2) is 42.6 Å². The fourth-order valence-corrected chi connectivity index (χ4v) is 1.63. The average molecular weight is 271 g/mol. The van der Waals surface area contributed by atoms with Crippen molar-refractivity contribution in [1.29, 1.82) is 0 Å². The lowest BCUT2D eigenvalue weighted by molar-refractivity contribution is -0.116. The van der Waals surface area contributed by atoms with Crippen molar-refractivity contribution in [2.45, 2.75) is 13.3 Å². The Balaban J connectivity index is 1.76. The minimum Gasteiger partial charge on any atom is -0.493 e. The van der Waals surface area contributed by atoms with Gasteiger partial charge in [-0.25, -0.2) is 0 Å². The van der Waals surface area contributed by atoms with Crippen molar-refractivity contribution in [3.8, 4) is 5.75 Å². The zero-order valence-corrected chi connectivity index (χ0v) is 11.3. The molecular weight excluding hydrogens is 254 g/mol. The number of carbonyl (C=O) groups is 1. The van der Waals surface area contributed by atoms with E-state index in [0.29, 0.717) is 23.7 Å². The van der Waals surface area contributed by atoms with Gasteiger partial charge >= 0.3 is 0 Å². The molecule has 1 aromatic carbocycles. The SMILES string of the molecule is Cc1ccc(NC(=O)CCOc2cccc(N)c2)cn1. The lowest BCUT2D eigenvalue weighted by Gasteiger charge is -2.07. The number of aryl methyl sites for hydroxylation is 1. The van der Waals surface area contributed by atoms with Crippen LogP contribution in [0.3, 0.4) is 0 Å². The monoisotopic (exact) mass is 271 g/mol. The number of nitrogens with zero attached hydrogens (tertiary/aromatic N) is 1. The quantitative estimate of drug-likeness (QED) is 0.818. The minimum absolute atomic E-state index is 0.112. The Bertz CT molecular complexity index is 582. The maximum Gasteiger partial charge on any atom is 0.227 e. The number of aromatic nitrogens is 1. The van der Waals surface area contributed by atoms with Gasteiger partial charge in [0.05, 0.1) is 24.9 Å². The van der Waals surface area contributed by atoms with Crippen molar-refractivity contribution >= 4 is 17.3 Å². The Kier molecular flexibility index (Phi) is 4.55. The number of nitrogens with one attached hydrogen (secondary N) is 1. The number of pyridine rings is 1. The van der Waals surface area contributed by atoms with Crippen LogP contribution in [-0.2, 0) is 4.79 Å². The van der Waals surface area contributed by atoms with Crippen LogP contribution in [0.2, 0.25) is 0 Å². The van der Waals surface area contributed by atoms with E-state index in [2.05, 4.69) is 10.3 Å². The van der Waals surface area contributed by atoms with E-state index in [1.54, 1.807) is 24.4 Å². The first-order valence-electron chi connectivity index (χ1n) is 6.34. The second-order valence-electron chi connectivity index (χ2n) is 4.41. The third-order valence-corrected chi connectivity index (χ3v) is 2.65. The van der Waals surface area contributed by atoms with Crippen molar-refractivity contribution in [2.75, 3.05) is 17.7 Å². The van der Waals surface area contributed by atoms with Gasteiger partial charge in [-0.2, -0.15) is 0 Å². The number of hydrogen-bond donors (Lipinski definition) is 2.